The highest BCUT2D eigenvalue weighted by Crippen LogP contribution is 2.41. The van der Waals surface area contributed by atoms with Crippen molar-refractivity contribution in [3.05, 3.63) is 37.9 Å². The number of halogens is 3. The van der Waals surface area contributed by atoms with Gasteiger partial charge in [-0.25, -0.2) is 0 Å². The monoisotopic (exact) mass is 316 g/mol. The van der Waals surface area contributed by atoms with Crippen molar-refractivity contribution in [3.8, 4) is 0 Å². The van der Waals surface area contributed by atoms with Crippen LogP contribution >= 0.6 is 0 Å². The van der Waals surface area contributed by atoms with Crippen molar-refractivity contribution in [2.45, 2.75) is 11.1 Å². The maximum absolute atomic E-state index is 12.6. The van der Waals surface area contributed by atoms with Gasteiger partial charge in [0.15, 0.2) is 4.90 Å². The Kier molecular flexibility index (Phi) is 3.69. The third kappa shape index (κ3) is 3.00. The van der Waals surface area contributed by atoms with E-state index >= 15 is 0 Å². The van der Waals surface area contributed by atoms with Crippen LogP contribution in [0.2, 0.25) is 0 Å². The van der Waals surface area contributed by atoms with Gasteiger partial charge in [0, 0.05) is 6.07 Å². The molecular weight excluding hydrogens is 313 g/mol. The van der Waals surface area contributed by atoms with E-state index in [0.29, 0.717) is 0 Å². The van der Waals surface area contributed by atoms with Gasteiger partial charge in [-0.2, -0.15) is 21.6 Å². The molecule has 0 fully saturated rings. The molecule has 110 valence electrons. The number of non-ortho nitro benzene ring substituents is 1. The van der Waals surface area contributed by atoms with Gasteiger partial charge in [0.1, 0.15) is 0 Å². The van der Waals surface area contributed by atoms with Crippen molar-refractivity contribution in [2.24, 2.45) is 0 Å². The summed E-state index contributed by atoms with van der Waals surface area (Å²) < 4.78 is 68.4. The molecule has 20 heavy (non-hydrogen) atoms. The standard InChI is InChI=1S/C7H3F3N2O7S/c8-7(9,10)4-1-3(11(13)14)2-5(12(15)16)6(4)20(17,18)19/h1-2H,(H,17,18,19). The van der Waals surface area contributed by atoms with Gasteiger partial charge in [-0.3, -0.25) is 24.8 Å². The van der Waals surface area contributed by atoms with E-state index < -0.39 is 48.0 Å². The molecule has 0 bridgehead atoms. The van der Waals surface area contributed by atoms with Gasteiger partial charge in [0.05, 0.1) is 21.5 Å². The zero-order chi connectivity index (χ0) is 15.9. The van der Waals surface area contributed by atoms with Crippen LogP contribution in [0.25, 0.3) is 0 Å². The third-order valence-corrected chi connectivity index (χ3v) is 2.97. The summed E-state index contributed by atoms with van der Waals surface area (Å²) in [5.74, 6) is 0. The van der Waals surface area contributed by atoms with Crippen LogP contribution in [-0.2, 0) is 16.3 Å². The Morgan fingerprint density at radius 3 is 1.90 bits per heavy atom. The predicted molar refractivity (Wildman–Crippen MR) is 54.6 cm³/mol. The molecule has 0 saturated heterocycles. The molecule has 0 amide bonds. The third-order valence-electron chi connectivity index (χ3n) is 2.02. The Balaban J connectivity index is 3.97. The number of rotatable bonds is 3. The average Bonchev–Trinajstić information content (AvgIpc) is 2.24. The molecule has 0 saturated carbocycles. The summed E-state index contributed by atoms with van der Waals surface area (Å²) in [5.41, 5.74) is -5.27. The van der Waals surface area contributed by atoms with Crippen LogP contribution in [0.5, 0.6) is 0 Å². The maximum Gasteiger partial charge on any atom is 0.418 e. The van der Waals surface area contributed by atoms with Gasteiger partial charge in [-0.15, -0.1) is 0 Å². The smallest absolute Gasteiger partial charge is 0.282 e. The lowest BCUT2D eigenvalue weighted by atomic mass is 10.1. The Morgan fingerprint density at radius 2 is 1.60 bits per heavy atom. The summed E-state index contributed by atoms with van der Waals surface area (Å²) in [7, 11) is -5.62. The quantitative estimate of drug-likeness (QED) is 0.508. The van der Waals surface area contributed by atoms with Gasteiger partial charge < -0.3 is 0 Å². The van der Waals surface area contributed by atoms with Crippen molar-refractivity contribution in [1.29, 1.82) is 0 Å². The van der Waals surface area contributed by atoms with E-state index in [9.17, 15) is 41.8 Å². The first kappa shape index (κ1) is 15.8. The Labute approximate surface area is 107 Å². The molecule has 0 atom stereocenters. The van der Waals surface area contributed by atoms with E-state index in [1.54, 1.807) is 0 Å². The Bertz CT molecular complexity index is 697. The lowest BCUT2D eigenvalue weighted by Gasteiger charge is -2.10. The number of nitro groups is 2. The first-order chi connectivity index (χ1) is 8.85. The van der Waals surface area contributed by atoms with Crippen LogP contribution in [0, 0.1) is 20.2 Å². The van der Waals surface area contributed by atoms with Gasteiger partial charge in [-0.1, -0.05) is 0 Å². The first-order valence-electron chi connectivity index (χ1n) is 4.37. The summed E-state index contributed by atoms with van der Waals surface area (Å²) >= 11 is 0. The molecule has 0 radical (unpaired) electrons. The topological polar surface area (TPSA) is 141 Å². The SMILES string of the molecule is O=[N+]([O-])c1cc([N+](=O)[O-])c(S(=O)(=O)O)c(C(F)(F)F)c1. The molecule has 0 aromatic heterocycles. The molecular formula is C7H3F3N2O7S. The number of hydrogen-bond donors (Lipinski definition) is 1. The number of alkyl halides is 3. The Hall–Kier alpha value is -2.28. The molecule has 1 rings (SSSR count). The van der Waals surface area contributed by atoms with Crippen LogP contribution in [-0.4, -0.2) is 22.8 Å². The van der Waals surface area contributed by atoms with Crippen molar-refractivity contribution in [1.82, 2.24) is 0 Å². The number of nitro benzene ring substituents is 2. The highest BCUT2D eigenvalue weighted by molar-refractivity contribution is 7.86. The molecule has 0 unspecified atom stereocenters. The van der Waals surface area contributed by atoms with E-state index in [1.165, 1.54) is 0 Å². The van der Waals surface area contributed by atoms with Gasteiger partial charge in [0.2, 0.25) is 0 Å². The first-order valence-corrected chi connectivity index (χ1v) is 5.81. The molecule has 0 aliphatic carbocycles. The fourth-order valence-electron chi connectivity index (χ4n) is 1.32. The van der Waals surface area contributed by atoms with Crippen LogP contribution in [0.3, 0.4) is 0 Å². The molecule has 9 nitrogen and oxygen atoms in total. The highest BCUT2D eigenvalue weighted by atomic mass is 32.2. The molecule has 1 N–H and O–H groups in total. The molecule has 0 spiro atoms. The summed E-state index contributed by atoms with van der Waals surface area (Å²) in [4.78, 5) is 16.0. The van der Waals surface area contributed by atoms with E-state index in [2.05, 4.69) is 0 Å². The number of nitrogens with zero attached hydrogens (tertiary/aromatic N) is 2. The molecule has 0 heterocycles. The minimum Gasteiger partial charge on any atom is -0.282 e. The second-order valence-corrected chi connectivity index (χ2v) is 4.69. The van der Waals surface area contributed by atoms with Crippen molar-refractivity contribution in [3.63, 3.8) is 0 Å². The zero-order valence-corrected chi connectivity index (χ0v) is 9.80. The number of hydrogen-bond acceptors (Lipinski definition) is 6. The van der Waals surface area contributed by atoms with Gasteiger partial charge in [-0.05, 0) is 0 Å². The molecule has 1 aromatic carbocycles. The number of benzene rings is 1. The van der Waals surface area contributed by atoms with Gasteiger partial charge >= 0.3 is 16.3 Å². The fraction of sp³-hybridized carbons (Fsp3) is 0.143. The summed E-state index contributed by atoms with van der Waals surface area (Å²) in [6, 6.07) is -0.200. The minimum atomic E-state index is -5.62. The van der Waals surface area contributed by atoms with Crippen LogP contribution in [0.4, 0.5) is 24.5 Å². The van der Waals surface area contributed by atoms with E-state index in [-0.39, 0.29) is 12.1 Å². The van der Waals surface area contributed by atoms with Crippen molar-refractivity contribution >= 4 is 21.5 Å². The Morgan fingerprint density at radius 1 is 1.10 bits per heavy atom. The second-order valence-electron chi connectivity index (χ2n) is 3.33. The van der Waals surface area contributed by atoms with E-state index in [1.807, 2.05) is 0 Å². The van der Waals surface area contributed by atoms with E-state index in [0.717, 1.165) is 0 Å². The molecule has 13 heteroatoms. The lowest BCUT2D eigenvalue weighted by molar-refractivity contribution is -0.396. The van der Waals surface area contributed by atoms with Crippen LogP contribution in [0.1, 0.15) is 5.56 Å². The van der Waals surface area contributed by atoms with Crippen molar-refractivity contribution < 1.29 is 36.0 Å². The summed E-state index contributed by atoms with van der Waals surface area (Å²) in [5, 5.41) is 21.0. The van der Waals surface area contributed by atoms with Crippen molar-refractivity contribution in [2.75, 3.05) is 0 Å². The fourth-order valence-corrected chi connectivity index (χ4v) is 2.17. The van der Waals surface area contributed by atoms with E-state index in [4.69, 9.17) is 4.55 Å². The maximum atomic E-state index is 12.6. The van der Waals surface area contributed by atoms with Crippen LogP contribution in [0.15, 0.2) is 17.0 Å². The summed E-state index contributed by atoms with van der Waals surface area (Å²) in [6.07, 6.45) is -5.46. The summed E-state index contributed by atoms with van der Waals surface area (Å²) in [6.45, 7) is 0. The van der Waals surface area contributed by atoms with Gasteiger partial charge in [0.25, 0.3) is 11.4 Å². The van der Waals surface area contributed by atoms with Crippen LogP contribution < -0.4 is 0 Å². The second kappa shape index (κ2) is 4.68. The largest absolute Gasteiger partial charge is 0.418 e. The predicted octanol–water partition coefficient (Wildman–Crippen LogP) is 1.77. The lowest BCUT2D eigenvalue weighted by Crippen LogP contribution is -2.15. The highest BCUT2D eigenvalue weighted by Gasteiger charge is 2.43. The normalized spacial score (nSPS) is 12.2. The molecule has 0 aliphatic rings. The average molecular weight is 316 g/mol. The minimum absolute atomic E-state index is 0.0122. The molecule has 1 aromatic rings. The molecule has 0 aliphatic heterocycles. The zero-order valence-electron chi connectivity index (χ0n) is 8.99.